The van der Waals surface area contributed by atoms with E-state index in [0.29, 0.717) is 12.5 Å². The highest BCUT2D eigenvalue weighted by Crippen LogP contribution is 2.15. The Labute approximate surface area is 81.2 Å². The first-order chi connectivity index (χ1) is 6.22. The van der Waals surface area contributed by atoms with Gasteiger partial charge in [0.25, 0.3) is 0 Å². The van der Waals surface area contributed by atoms with Crippen LogP contribution in [0.2, 0.25) is 0 Å². The first kappa shape index (κ1) is 10.7. The van der Waals surface area contributed by atoms with Crippen LogP contribution in [0, 0.1) is 5.92 Å². The van der Waals surface area contributed by atoms with Crippen molar-refractivity contribution < 1.29 is 5.11 Å². The molecule has 0 spiro atoms. The molecule has 0 atom stereocenters. The van der Waals surface area contributed by atoms with Gasteiger partial charge in [-0.3, -0.25) is 4.90 Å². The lowest BCUT2D eigenvalue weighted by atomic mass is 9.98. The molecule has 1 aliphatic heterocycles. The number of likely N-dealkylation sites (tertiary alicyclic amines) is 1. The number of aliphatic hydroxyl groups excluding tert-OH is 1. The van der Waals surface area contributed by atoms with Crippen LogP contribution < -0.4 is 0 Å². The number of hydrogen-bond donors (Lipinski definition) is 1. The summed E-state index contributed by atoms with van der Waals surface area (Å²) in [4.78, 5) is 2.46. The van der Waals surface area contributed by atoms with Crippen LogP contribution in [0.4, 0.5) is 0 Å². The number of rotatable bonds is 3. The Morgan fingerprint density at radius 1 is 1.38 bits per heavy atom. The SMILES string of the molecule is CC(C)=CCN1CCC(CO)CC1. The maximum Gasteiger partial charge on any atom is 0.0460 e. The zero-order chi connectivity index (χ0) is 9.68. The van der Waals surface area contributed by atoms with E-state index in [0.717, 1.165) is 32.5 Å². The molecule has 0 aromatic rings. The van der Waals surface area contributed by atoms with E-state index in [2.05, 4.69) is 24.8 Å². The van der Waals surface area contributed by atoms with Crippen molar-refractivity contribution in [3.05, 3.63) is 11.6 Å². The lowest BCUT2D eigenvalue weighted by Gasteiger charge is -2.30. The Balaban J connectivity index is 2.21. The van der Waals surface area contributed by atoms with Crippen LogP contribution in [0.25, 0.3) is 0 Å². The van der Waals surface area contributed by atoms with Crippen LogP contribution in [-0.4, -0.2) is 36.2 Å². The van der Waals surface area contributed by atoms with E-state index in [-0.39, 0.29) is 0 Å². The third-order valence-corrected chi connectivity index (χ3v) is 2.72. The highest BCUT2D eigenvalue weighted by atomic mass is 16.3. The van der Waals surface area contributed by atoms with E-state index in [1.807, 2.05) is 0 Å². The zero-order valence-electron chi connectivity index (χ0n) is 8.79. The number of nitrogens with zero attached hydrogens (tertiary/aromatic N) is 1. The quantitative estimate of drug-likeness (QED) is 0.673. The second-order valence-corrected chi connectivity index (χ2v) is 4.21. The summed E-state index contributed by atoms with van der Waals surface area (Å²) in [5.41, 5.74) is 1.39. The molecular weight excluding hydrogens is 162 g/mol. The van der Waals surface area contributed by atoms with Gasteiger partial charge in [0.05, 0.1) is 0 Å². The van der Waals surface area contributed by atoms with E-state index in [9.17, 15) is 0 Å². The Kier molecular flexibility index (Phi) is 4.46. The molecule has 0 aliphatic carbocycles. The summed E-state index contributed by atoms with van der Waals surface area (Å²) in [5.74, 6) is 0.558. The van der Waals surface area contributed by atoms with Crippen molar-refractivity contribution in [2.45, 2.75) is 26.7 Å². The van der Waals surface area contributed by atoms with Crippen LogP contribution in [0.1, 0.15) is 26.7 Å². The minimum atomic E-state index is 0.372. The molecule has 1 rings (SSSR count). The monoisotopic (exact) mass is 183 g/mol. The summed E-state index contributed by atoms with van der Waals surface area (Å²) < 4.78 is 0. The zero-order valence-corrected chi connectivity index (χ0v) is 8.79. The highest BCUT2D eigenvalue weighted by Gasteiger charge is 2.16. The molecule has 1 fully saturated rings. The first-order valence-corrected chi connectivity index (χ1v) is 5.19. The van der Waals surface area contributed by atoms with E-state index in [4.69, 9.17) is 5.11 Å². The molecule has 1 saturated heterocycles. The molecule has 0 amide bonds. The predicted molar refractivity (Wildman–Crippen MR) is 55.7 cm³/mol. The van der Waals surface area contributed by atoms with Crippen molar-refractivity contribution in [3.63, 3.8) is 0 Å². The standard InChI is InChI=1S/C11H21NO/c1-10(2)3-6-12-7-4-11(9-13)5-8-12/h3,11,13H,4-9H2,1-2H3. The minimum absolute atomic E-state index is 0.372. The molecular formula is C11H21NO. The smallest absolute Gasteiger partial charge is 0.0460 e. The summed E-state index contributed by atoms with van der Waals surface area (Å²) in [7, 11) is 0. The van der Waals surface area contributed by atoms with Gasteiger partial charge >= 0.3 is 0 Å². The van der Waals surface area contributed by atoms with Crippen molar-refractivity contribution in [1.29, 1.82) is 0 Å². The molecule has 0 unspecified atom stereocenters. The van der Waals surface area contributed by atoms with Crippen molar-refractivity contribution >= 4 is 0 Å². The fourth-order valence-electron chi connectivity index (χ4n) is 1.66. The number of allylic oxidation sites excluding steroid dienone is 1. The molecule has 1 heterocycles. The first-order valence-electron chi connectivity index (χ1n) is 5.19. The summed E-state index contributed by atoms with van der Waals surface area (Å²) in [6.07, 6.45) is 4.60. The molecule has 0 aromatic carbocycles. The van der Waals surface area contributed by atoms with Crippen LogP contribution in [0.5, 0.6) is 0 Å². The third kappa shape index (κ3) is 3.92. The molecule has 0 radical (unpaired) electrons. The van der Waals surface area contributed by atoms with Crippen molar-refractivity contribution in [2.24, 2.45) is 5.92 Å². The molecule has 0 saturated carbocycles. The van der Waals surface area contributed by atoms with Gasteiger partial charge in [-0.05, 0) is 45.7 Å². The summed E-state index contributed by atoms with van der Waals surface area (Å²) in [5, 5.41) is 8.96. The Morgan fingerprint density at radius 3 is 2.46 bits per heavy atom. The van der Waals surface area contributed by atoms with Crippen LogP contribution in [0.15, 0.2) is 11.6 Å². The van der Waals surface area contributed by atoms with Gasteiger partial charge < -0.3 is 5.11 Å². The maximum absolute atomic E-state index is 8.96. The topological polar surface area (TPSA) is 23.5 Å². The van der Waals surface area contributed by atoms with E-state index in [1.165, 1.54) is 5.57 Å². The van der Waals surface area contributed by atoms with E-state index >= 15 is 0 Å². The Hall–Kier alpha value is -0.340. The van der Waals surface area contributed by atoms with Crippen LogP contribution in [0.3, 0.4) is 0 Å². The van der Waals surface area contributed by atoms with Crippen LogP contribution >= 0.6 is 0 Å². The van der Waals surface area contributed by atoms with Crippen molar-refractivity contribution in [2.75, 3.05) is 26.2 Å². The molecule has 2 heteroatoms. The minimum Gasteiger partial charge on any atom is -0.396 e. The average Bonchev–Trinajstić information content (AvgIpc) is 2.15. The van der Waals surface area contributed by atoms with Gasteiger partial charge in [-0.2, -0.15) is 0 Å². The van der Waals surface area contributed by atoms with E-state index < -0.39 is 0 Å². The van der Waals surface area contributed by atoms with Gasteiger partial charge in [0.1, 0.15) is 0 Å². The second kappa shape index (κ2) is 5.40. The van der Waals surface area contributed by atoms with E-state index in [1.54, 1.807) is 0 Å². The molecule has 76 valence electrons. The second-order valence-electron chi connectivity index (χ2n) is 4.21. The number of aliphatic hydroxyl groups is 1. The molecule has 1 N–H and O–H groups in total. The largest absolute Gasteiger partial charge is 0.396 e. The van der Waals surface area contributed by atoms with Gasteiger partial charge in [-0.25, -0.2) is 0 Å². The third-order valence-electron chi connectivity index (χ3n) is 2.72. The number of piperidine rings is 1. The van der Waals surface area contributed by atoms with Gasteiger partial charge in [0.15, 0.2) is 0 Å². The van der Waals surface area contributed by atoms with Gasteiger partial charge in [0, 0.05) is 13.2 Å². The molecule has 0 aromatic heterocycles. The highest BCUT2D eigenvalue weighted by molar-refractivity contribution is 4.95. The molecule has 0 bridgehead atoms. The predicted octanol–water partition coefficient (Wildman–Crippen LogP) is 1.66. The lowest BCUT2D eigenvalue weighted by molar-refractivity contribution is 0.139. The fourth-order valence-corrected chi connectivity index (χ4v) is 1.66. The summed E-state index contributed by atoms with van der Waals surface area (Å²) in [6.45, 7) is 8.03. The Morgan fingerprint density at radius 2 is 2.00 bits per heavy atom. The van der Waals surface area contributed by atoms with Gasteiger partial charge in [-0.15, -0.1) is 0 Å². The maximum atomic E-state index is 8.96. The van der Waals surface area contributed by atoms with Gasteiger partial charge in [-0.1, -0.05) is 11.6 Å². The lowest BCUT2D eigenvalue weighted by Crippen LogP contribution is -2.34. The summed E-state index contributed by atoms with van der Waals surface area (Å²) in [6, 6.07) is 0. The van der Waals surface area contributed by atoms with Gasteiger partial charge in [0.2, 0.25) is 0 Å². The van der Waals surface area contributed by atoms with Crippen molar-refractivity contribution in [3.8, 4) is 0 Å². The fraction of sp³-hybridized carbons (Fsp3) is 0.818. The average molecular weight is 183 g/mol. The molecule has 2 nitrogen and oxygen atoms in total. The normalized spacial score (nSPS) is 20.2. The van der Waals surface area contributed by atoms with Crippen molar-refractivity contribution in [1.82, 2.24) is 4.90 Å². The van der Waals surface area contributed by atoms with Crippen LogP contribution in [-0.2, 0) is 0 Å². The number of hydrogen-bond acceptors (Lipinski definition) is 2. The molecule has 13 heavy (non-hydrogen) atoms. The molecule has 1 aliphatic rings. The summed E-state index contributed by atoms with van der Waals surface area (Å²) >= 11 is 0. The Bertz CT molecular complexity index is 165.